The van der Waals surface area contributed by atoms with Gasteiger partial charge in [-0.3, -0.25) is 14.9 Å². The van der Waals surface area contributed by atoms with Crippen LogP contribution < -0.4 is 5.73 Å². The summed E-state index contributed by atoms with van der Waals surface area (Å²) in [4.78, 5) is 27.5. The van der Waals surface area contributed by atoms with Gasteiger partial charge in [0.25, 0.3) is 5.91 Å². The number of nitrogens with zero attached hydrogens (tertiary/aromatic N) is 2. The average molecular weight is 345 g/mol. The van der Waals surface area contributed by atoms with Crippen LogP contribution in [-0.2, 0) is 12.8 Å². The first-order chi connectivity index (χ1) is 11.5. The third-order valence-electron chi connectivity index (χ3n) is 3.93. The molecule has 0 atom stereocenters. The maximum Gasteiger partial charge on any atom is 0.311 e. The van der Waals surface area contributed by atoms with Gasteiger partial charge in [0, 0.05) is 17.2 Å². The second-order valence-electron chi connectivity index (χ2n) is 5.52. The number of rotatable bonds is 4. The van der Waals surface area contributed by atoms with E-state index in [-0.39, 0.29) is 5.69 Å². The lowest BCUT2D eigenvalue weighted by atomic mass is 9.95. The first kappa shape index (κ1) is 16.1. The Labute approximate surface area is 141 Å². The van der Waals surface area contributed by atoms with Crippen molar-refractivity contribution in [2.24, 2.45) is 10.7 Å². The first-order valence-electron chi connectivity index (χ1n) is 7.43. The molecular weight excluding hydrogens is 330 g/mol. The van der Waals surface area contributed by atoms with Crippen molar-refractivity contribution in [3.63, 3.8) is 0 Å². The molecule has 0 bridgehead atoms. The first-order valence-corrected chi connectivity index (χ1v) is 8.25. The summed E-state index contributed by atoms with van der Waals surface area (Å²) in [7, 11) is 0. The van der Waals surface area contributed by atoms with Crippen molar-refractivity contribution in [1.82, 2.24) is 0 Å². The summed E-state index contributed by atoms with van der Waals surface area (Å²) in [6, 6.07) is 3.99. The average Bonchev–Trinajstić information content (AvgIpc) is 2.92. The van der Waals surface area contributed by atoms with Crippen molar-refractivity contribution < 1.29 is 14.8 Å². The quantitative estimate of drug-likeness (QED) is 0.502. The molecule has 0 spiro atoms. The zero-order chi connectivity index (χ0) is 17.3. The second kappa shape index (κ2) is 6.40. The number of benzene rings is 1. The van der Waals surface area contributed by atoms with Gasteiger partial charge in [-0.25, -0.2) is 4.99 Å². The maximum absolute atomic E-state index is 11.8. The van der Waals surface area contributed by atoms with E-state index in [0.717, 1.165) is 36.1 Å². The molecule has 3 rings (SSSR count). The fourth-order valence-electron chi connectivity index (χ4n) is 2.80. The topological polar surface area (TPSA) is 119 Å². The van der Waals surface area contributed by atoms with Crippen LogP contribution in [-0.4, -0.2) is 22.2 Å². The van der Waals surface area contributed by atoms with Crippen molar-refractivity contribution >= 4 is 34.1 Å². The third kappa shape index (κ3) is 3.00. The lowest BCUT2D eigenvalue weighted by Crippen LogP contribution is -2.14. The highest BCUT2D eigenvalue weighted by Gasteiger charge is 2.23. The monoisotopic (exact) mass is 345 g/mol. The SMILES string of the molecule is NC(=O)c1c(N=Cc2ccc(O)c([N+](=O)[O-])c2)sc2c1CCCC2. The van der Waals surface area contributed by atoms with E-state index in [1.807, 2.05) is 0 Å². The van der Waals surface area contributed by atoms with E-state index in [4.69, 9.17) is 5.73 Å². The fourth-order valence-corrected chi connectivity index (χ4v) is 4.04. The van der Waals surface area contributed by atoms with E-state index >= 15 is 0 Å². The van der Waals surface area contributed by atoms with Crippen LogP contribution in [0.1, 0.15) is 39.2 Å². The number of aliphatic imine (C=N–C) groups is 1. The Morgan fingerprint density at radius 1 is 1.38 bits per heavy atom. The number of nitro benzene ring substituents is 1. The number of hydrogen-bond donors (Lipinski definition) is 2. The molecule has 8 heteroatoms. The highest BCUT2D eigenvalue weighted by atomic mass is 32.1. The van der Waals surface area contributed by atoms with Gasteiger partial charge >= 0.3 is 5.69 Å². The molecule has 1 amide bonds. The van der Waals surface area contributed by atoms with Gasteiger partial charge in [-0.1, -0.05) is 0 Å². The predicted molar refractivity (Wildman–Crippen MR) is 91.5 cm³/mol. The molecule has 1 aliphatic rings. The van der Waals surface area contributed by atoms with Gasteiger partial charge in [-0.05, 0) is 48.9 Å². The second-order valence-corrected chi connectivity index (χ2v) is 6.60. The van der Waals surface area contributed by atoms with Crippen molar-refractivity contribution in [3.05, 3.63) is 49.9 Å². The van der Waals surface area contributed by atoms with E-state index in [1.54, 1.807) is 0 Å². The summed E-state index contributed by atoms with van der Waals surface area (Å²) < 4.78 is 0. The number of fused-ring (bicyclic) bond motifs is 1. The number of carbonyl (C=O) groups is 1. The van der Waals surface area contributed by atoms with E-state index in [9.17, 15) is 20.0 Å². The summed E-state index contributed by atoms with van der Waals surface area (Å²) in [5.41, 5.74) is 7.02. The number of thiophene rings is 1. The number of phenols is 1. The molecule has 3 N–H and O–H groups in total. The van der Waals surface area contributed by atoms with Crippen LogP contribution in [0.3, 0.4) is 0 Å². The minimum Gasteiger partial charge on any atom is -0.502 e. The summed E-state index contributed by atoms with van der Waals surface area (Å²) in [5.74, 6) is -0.903. The summed E-state index contributed by atoms with van der Waals surface area (Å²) in [6.45, 7) is 0. The van der Waals surface area contributed by atoms with Gasteiger partial charge in [0.05, 0.1) is 10.5 Å². The minimum atomic E-state index is -0.661. The molecule has 124 valence electrons. The Bertz CT molecular complexity index is 857. The predicted octanol–water partition coefficient (Wildman–Crippen LogP) is 3.09. The number of hydrogen-bond acceptors (Lipinski definition) is 6. The molecule has 1 aliphatic carbocycles. The van der Waals surface area contributed by atoms with Gasteiger partial charge in [0.1, 0.15) is 5.00 Å². The van der Waals surface area contributed by atoms with Gasteiger partial charge < -0.3 is 10.8 Å². The van der Waals surface area contributed by atoms with Crippen LogP contribution in [0.25, 0.3) is 0 Å². The Hall–Kier alpha value is -2.74. The van der Waals surface area contributed by atoms with E-state index in [2.05, 4.69) is 4.99 Å². The van der Waals surface area contributed by atoms with E-state index < -0.39 is 16.6 Å². The molecule has 0 saturated heterocycles. The number of aryl methyl sites for hydroxylation is 1. The van der Waals surface area contributed by atoms with Crippen molar-refractivity contribution in [3.8, 4) is 5.75 Å². The molecule has 2 aromatic rings. The van der Waals surface area contributed by atoms with Crippen LogP contribution in [0.5, 0.6) is 5.75 Å². The van der Waals surface area contributed by atoms with Gasteiger partial charge in [-0.2, -0.15) is 0 Å². The van der Waals surface area contributed by atoms with Crippen LogP contribution in [0.2, 0.25) is 0 Å². The van der Waals surface area contributed by atoms with Crippen LogP contribution in [0, 0.1) is 10.1 Å². The Morgan fingerprint density at radius 3 is 2.83 bits per heavy atom. The molecule has 0 aliphatic heterocycles. The van der Waals surface area contributed by atoms with Crippen LogP contribution in [0.4, 0.5) is 10.7 Å². The number of nitro groups is 1. The zero-order valence-electron chi connectivity index (χ0n) is 12.7. The largest absolute Gasteiger partial charge is 0.502 e. The van der Waals surface area contributed by atoms with Gasteiger partial charge in [0.15, 0.2) is 5.75 Å². The lowest BCUT2D eigenvalue weighted by molar-refractivity contribution is -0.385. The number of nitrogens with two attached hydrogens (primary N) is 1. The number of aromatic hydroxyl groups is 1. The minimum absolute atomic E-state index is 0.389. The smallest absolute Gasteiger partial charge is 0.311 e. The third-order valence-corrected chi connectivity index (χ3v) is 5.13. The fraction of sp³-hybridized carbons (Fsp3) is 0.250. The molecule has 7 nitrogen and oxygen atoms in total. The Morgan fingerprint density at radius 2 is 2.12 bits per heavy atom. The standard InChI is InChI=1S/C16H15N3O4S/c17-15(21)14-10-3-1-2-4-13(10)24-16(14)18-8-9-5-6-12(20)11(7-9)19(22)23/h5-8,20H,1-4H2,(H2,17,21). The highest BCUT2D eigenvalue weighted by Crippen LogP contribution is 2.39. The Kier molecular flexibility index (Phi) is 4.30. The molecule has 0 unspecified atom stereocenters. The molecule has 0 fully saturated rings. The normalized spacial score (nSPS) is 13.8. The highest BCUT2D eigenvalue weighted by molar-refractivity contribution is 7.16. The lowest BCUT2D eigenvalue weighted by Gasteiger charge is -2.10. The number of amides is 1. The summed E-state index contributed by atoms with van der Waals surface area (Å²) >= 11 is 1.44. The molecular formula is C16H15N3O4S. The molecule has 24 heavy (non-hydrogen) atoms. The number of phenolic OH excluding ortho intramolecular Hbond substituents is 1. The van der Waals surface area contributed by atoms with Gasteiger partial charge in [-0.15, -0.1) is 11.3 Å². The van der Waals surface area contributed by atoms with Crippen LogP contribution >= 0.6 is 11.3 Å². The van der Waals surface area contributed by atoms with Crippen LogP contribution in [0.15, 0.2) is 23.2 Å². The van der Waals surface area contributed by atoms with Gasteiger partial charge in [0.2, 0.25) is 0 Å². The zero-order valence-corrected chi connectivity index (χ0v) is 13.5. The molecule has 0 radical (unpaired) electrons. The van der Waals surface area contributed by atoms with Crippen molar-refractivity contribution in [1.29, 1.82) is 0 Å². The van der Waals surface area contributed by atoms with E-state index in [1.165, 1.54) is 35.8 Å². The van der Waals surface area contributed by atoms with Crippen molar-refractivity contribution in [2.45, 2.75) is 25.7 Å². The number of carbonyl (C=O) groups excluding carboxylic acids is 1. The molecule has 0 saturated carbocycles. The molecule has 1 aromatic carbocycles. The van der Waals surface area contributed by atoms with E-state index in [0.29, 0.717) is 16.1 Å². The maximum atomic E-state index is 11.8. The molecule has 1 heterocycles. The number of primary amides is 1. The summed E-state index contributed by atoms with van der Waals surface area (Å²) in [6.07, 6.45) is 5.29. The molecule has 1 aromatic heterocycles. The van der Waals surface area contributed by atoms with Crippen molar-refractivity contribution in [2.75, 3.05) is 0 Å². The summed E-state index contributed by atoms with van der Waals surface area (Å²) in [5, 5.41) is 20.9. The Balaban J connectivity index is 1.98.